The van der Waals surface area contributed by atoms with E-state index in [-0.39, 0.29) is 6.10 Å². The van der Waals surface area contributed by atoms with Crippen molar-refractivity contribution in [1.29, 1.82) is 0 Å². The van der Waals surface area contributed by atoms with Crippen molar-refractivity contribution in [3.05, 3.63) is 144 Å². The van der Waals surface area contributed by atoms with Crippen molar-refractivity contribution in [2.45, 2.75) is 77.1 Å². The fourth-order valence-corrected chi connectivity index (χ4v) is 5.12. The first-order chi connectivity index (χ1) is 21.2. The summed E-state index contributed by atoms with van der Waals surface area (Å²) in [6.45, 7) is 5.95. The first kappa shape index (κ1) is 31.1. The molecule has 4 aromatic rings. The predicted octanol–water partition coefficient (Wildman–Crippen LogP) is 7.11. The molecular weight excluding hydrogens is 540 g/mol. The number of benzene rings is 4. The van der Waals surface area contributed by atoms with Gasteiger partial charge in [0.1, 0.15) is 24.4 Å². The Kier molecular flexibility index (Phi) is 11.9. The van der Waals surface area contributed by atoms with Gasteiger partial charge in [0.2, 0.25) is 0 Å². The van der Waals surface area contributed by atoms with Gasteiger partial charge in [-0.1, -0.05) is 121 Å². The lowest BCUT2D eigenvalue weighted by Crippen LogP contribution is -2.62. The molecule has 1 saturated heterocycles. The van der Waals surface area contributed by atoms with E-state index in [1.807, 2.05) is 98.8 Å². The fourth-order valence-electron chi connectivity index (χ4n) is 5.12. The first-order valence-electron chi connectivity index (χ1n) is 15.0. The van der Waals surface area contributed by atoms with E-state index in [0.29, 0.717) is 33.0 Å². The van der Waals surface area contributed by atoms with Crippen LogP contribution in [0.4, 0.5) is 0 Å². The summed E-state index contributed by atoms with van der Waals surface area (Å²) >= 11 is 0. The lowest BCUT2D eigenvalue weighted by atomic mass is 9.97. The van der Waals surface area contributed by atoms with Crippen molar-refractivity contribution < 1.29 is 28.4 Å². The van der Waals surface area contributed by atoms with Crippen molar-refractivity contribution in [3.8, 4) is 0 Å². The van der Waals surface area contributed by atoms with Crippen LogP contribution in [0.15, 0.2) is 121 Å². The van der Waals surface area contributed by atoms with E-state index in [1.165, 1.54) is 0 Å². The minimum atomic E-state index is -0.675. The highest BCUT2D eigenvalue weighted by Crippen LogP contribution is 2.32. The molecule has 6 heteroatoms. The third-order valence-electron chi connectivity index (χ3n) is 7.25. The number of hydrogen-bond donors (Lipinski definition) is 0. The van der Waals surface area contributed by atoms with Crippen LogP contribution in [0, 0.1) is 0 Å². The van der Waals surface area contributed by atoms with Gasteiger partial charge in [-0.2, -0.15) is 0 Å². The normalized spacial score (nSPS) is 22.1. The van der Waals surface area contributed by atoms with Crippen LogP contribution >= 0.6 is 0 Å². The Hall–Kier alpha value is -3.36. The molecule has 226 valence electrons. The molecule has 1 heterocycles. The molecule has 0 bridgehead atoms. The van der Waals surface area contributed by atoms with Crippen molar-refractivity contribution in [1.82, 2.24) is 0 Å². The van der Waals surface area contributed by atoms with Crippen LogP contribution in [0.5, 0.6) is 0 Å². The highest BCUT2D eigenvalue weighted by Gasteiger charge is 2.49. The van der Waals surface area contributed by atoms with Crippen LogP contribution in [-0.4, -0.2) is 43.4 Å². The summed E-state index contributed by atoms with van der Waals surface area (Å²) in [7, 11) is 0. The summed E-state index contributed by atoms with van der Waals surface area (Å²) in [6, 6.07) is 40.5. The first-order valence-corrected chi connectivity index (χ1v) is 15.0. The average molecular weight is 583 g/mol. The Bertz CT molecular complexity index is 1300. The molecule has 1 aliphatic rings. The molecule has 0 spiro atoms. The molecular formula is C37H42O6. The van der Waals surface area contributed by atoms with Gasteiger partial charge in [0.05, 0.1) is 39.1 Å². The Morgan fingerprint density at radius 3 is 1.35 bits per heavy atom. The summed E-state index contributed by atoms with van der Waals surface area (Å²) < 4.78 is 39.2. The third-order valence-corrected chi connectivity index (χ3v) is 7.25. The molecule has 5 rings (SSSR count). The zero-order chi connectivity index (χ0) is 29.7. The predicted molar refractivity (Wildman–Crippen MR) is 166 cm³/mol. The van der Waals surface area contributed by atoms with Gasteiger partial charge in [-0.05, 0) is 36.1 Å². The molecule has 0 aromatic heterocycles. The van der Waals surface area contributed by atoms with E-state index in [1.54, 1.807) is 0 Å². The molecule has 1 aliphatic heterocycles. The van der Waals surface area contributed by atoms with E-state index in [9.17, 15) is 0 Å². The Balaban J connectivity index is 1.42. The second-order valence-corrected chi connectivity index (χ2v) is 11.0. The SMILES string of the molecule is CC(C)OC1O[C@H](COCc2ccccc2)[C@@H](OCc2ccccc2)[C@H](OCc2ccccc2)[C@H]1OCc1ccccc1. The summed E-state index contributed by atoms with van der Waals surface area (Å²) in [5.41, 5.74) is 4.28. The summed E-state index contributed by atoms with van der Waals surface area (Å²) in [4.78, 5) is 0. The maximum absolute atomic E-state index is 6.71. The second-order valence-electron chi connectivity index (χ2n) is 11.0. The van der Waals surface area contributed by atoms with Crippen molar-refractivity contribution >= 4 is 0 Å². The van der Waals surface area contributed by atoms with Crippen LogP contribution in [0.1, 0.15) is 36.1 Å². The number of hydrogen-bond acceptors (Lipinski definition) is 6. The monoisotopic (exact) mass is 582 g/mol. The average Bonchev–Trinajstić information content (AvgIpc) is 3.04. The third kappa shape index (κ3) is 9.57. The Morgan fingerprint density at radius 2 is 0.907 bits per heavy atom. The van der Waals surface area contributed by atoms with E-state index < -0.39 is 30.7 Å². The van der Waals surface area contributed by atoms with Gasteiger partial charge < -0.3 is 28.4 Å². The molecule has 0 amide bonds. The molecule has 1 unspecified atom stereocenters. The molecule has 6 nitrogen and oxygen atoms in total. The van der Waals surface area contributed by atoms with E-state index >= 15 is 0 Å². The van der Waals surface area contributed by atoms with Crippen LogP contribution in [0.3, 0.4) is 0 Å². The molecule has 0 saturated carbocycles. The molecule has 0 N–H and O–H groups in total. The van der Waals surface area contributed by atoms with Crippen molar-refractivity contribution in [2.75, 3.05) is 6.61 Å². The van der Waals surface area contributed by atoms with Gasteiger partial charge in [0.25, 0.3) is 0 Å². The molecule has 0 aliphatic carbocycles. The minimum Gasteiger partial charge on any atom is -0.374 e. The largest absolute Gasteiger partial charge is 0.374 e. The molecule has 43 heavy (non-hydrogen) atoms. The van der Waals surface area contributed by atoms with Gasteiger partial charge in [0.15, 0.2) is 6.29 Å². The topological polar surface area (TPSA) is 55.4 Å². The van der Waals surface area contributed by atoms with Crippen molar-refractivity contribution in [3.63, 3.8) is 0 Å². The fraction of sp³-hybridized carbons (Fsp3) is 0.351. The van der Waals surface area contributed by atoms with Crippen molar-refractivity contribution in [2.24, 2.45) is 0 Å². The lowest BCUT2D eigenvalue weighted by molar-refractivity contribution is -0.334. The number of rotatable bonds is 15. The van der Waals surface area contributed by atoms with Gasteiger partial charge in [-0.3, -0.25) is 0 Å². The van der Waals surface area contributed by atoms with Crippen LogP contribution in [0.25, 0.3) is 0 Å². The summed E-state index contributed by atoms with van der Waals surface area (Å²) in [5, 5.41) is 0. The Morgan fingerprint density at radius 1 is 0.512 bits per heavy atom. The highest BCUT2D eigenvalue weighted by atomic mass is 16.7. The van der Waals surface area contributed by atoms with Gasteiger partial charge in [-0.15, -0.1) is 0 Å². The Labute approximate surface area is 255 Å². The maximum Gasteiger partial charge on any atom is 0.187 e. The molecule has 5 atom stereocenters. The second kappa shape index (κ2) is 16.5. The van der Waals surface area contributed by atoms with Crippen LogP contribution in [0.2, 0.25) is 0 Å². The highest BCUT2D eigenvalue weighted by molar-refractivity contribution is 5.16. The smallest absolute Gasteiger partial charge is 0.187 e. The van der Waals surface area contributed by atoms with Gasteiger partial charge in [-0.25, -0.2) is 0 Å². The summed E-state index contributed by atoms with van der Waals surface area (Å²) in [6.07, 6.45) is -2.73. The summed E-state index contributed by atoms with van der Waals surface area (Å²) in [5.74, 6) is 0. The van der Waals surface area contributed by atoms with E-state index in [4.69, 9.17) is 28.4 Å². The van der Waals surface area contributed by atoms with E-state index in [0.717, 1.165) is 22.3 Å². The quantitative estimate of drug-likeness (QED) is 0.149. The maximum atomic E-state index is 6.71. The minimum absolute atomic E-state index is 0.0877. The molecule has 0 radical (unpaired) electrons. The van der Waals surface area contributed by atoms with Crippen LogP contribution in [-0.2, 0) is 54.8 Å². The van der Waals surface area contributed by atoms with Gasteiger partial charge >= 0.3 is 0 Å². The van der Waals surface area contributed by atoms with Gasteiger partial charge in [0, 0.05) is 0 Å². The molecule has 1 fully saturated rings. The lowest BCUT2D eigenvalue weighted by Gasteiger charge is -2.46. The van der Waals surface area contributed by atoms with Crippen LogP contribution < -0.4 is 0 Å². The standard InChI is InChI=1S/C37H42O6/c1-28(2)42-37-36(41-26-32-21-13-6-14-22-32)35(40-25-31-19-11-5-12-20-31)34(39-24-30-17-9-4-10-18-30)33(43-37)27-38-23-29-15-7-3-8-16-29/h3-22,28,33-37H,23-27H2,1-2H3/t33-,34-,35+,36-,37?/m1/s1. The van der Waals surface area contributed by atoms with E-state index in [2.05, 4.69) is 36.4 Å². The zero-order valence-corrected chi connectivity index (χ0v) is 25.0. The number of ether oxygens (including phenoxy) is 6. The zero-order valence-electron chi connectivity index (χ0n) is 25.0. The molecule has 4 aromatic carbocycles.